The van der Waals surface area contributed by atoms with Gasteiger partial charge in [0.05, 0.1) is 0 Å². The number of nitrogens with one attached hydrogen (secondary N) is 1. The fourth-order valence-electron chi connectivity index (χ4n) is 1.41. The highest BCUT2D eigenvalue weighted by atomic mass is 35.5. The van der Waals surface area contributed by atoms with Gasteiger partial charge in [0, 0.05) is 29.2 Å². The molecule has 0 bridgehead atoms. The lowest BCUT2D eigenvalue weighted by molar-refractivity contribution is 0.508. The van der Waals surface area contributed by atoms with Crippen LogP contribution in [0.3, 0.4) is 0 Å². The summed E-state index contributed by atoms with van der Waals surface area (Å²) in [7, 11) is 0. The molecule has 0 aliphatic heterocycles. The molecule has 1 aliphatic rings. The summed E-state index contributed by atoms with van der Waals surface area (Å²) < 4.78 is 0. The van der Waals surface area contributed by atoms with E-state index in [1.54, 1.807) is 0 Å². The predicted octanol–water partition coefficient (Wildman–Crippen LogP) is 0.825. The molecule has 1 rings (SSSR count). The second kappa shape index (κ2) is 4.03. The van der Waals surface area contributed by atoms with Gasteiger partial charge >= 0.3 is 0 Å². The summed E-state index contributed by atoms with van der Waals surface area (Å²) in [5, 5.41) is 8.37. The van der Waals surface area contributed by atoms with Crippen molar-refractivity contribution >= 4 is 17.3 Å². The lowest BCUT2D eigenvalue weighted by atomic mass is 9.86. The van der Waals surface area contributed by atoms with E-state index in [0.717, 1.165) is 11.5 Å². The van der Waals surface area contributed by atoms with Crippen LogP contribution in [0.1, 0.15) is 12.8 Å². The Morgan fingerprint density at radius 3 is 3.00 bits per heavy atom. The fraction of sp³-hybridized carbons (Fsp3) is 0.625. The first kappa shape index (κ1) is 9.71. The summed E-state index contributed by atoms with van der Waals surface area (Å²) in [6.07, 6.45) is 3.36. The number of hydrogen-bond acceptors (Lipinski definition) is 3. The van der Waals surface area contributed by atoms with Crippen LogP contribution in [0.4, 0.5) is 0 Å². The third kappa shape index (κ3) is 2.06. The van der Waals surface area contributed by atoms with Crippen molar-refractivity contribution in [3.63, 3.8) is 0 Å². The lowest BCUT2D eigenvalue weighted by Crippen LogP contribution is -2.39. The molecule has 68 valence electrons. The van der Waals surface area contributed by atoms with Gasteiger partial charge in [-0.25, -0.2) is 0 Å². The molecule has 0 saturated heterocycles. The van der Waals surface area contributed by atoms with Gasteiger partial charge in [-0.15, -0.1) is 0 Å². The van der Waals surface area contributed by atoms with E-state index in [4.69, 9.17) is 28.5 Å². The van der Waals surface area contributed by atoms with Crippen molar-refractivity contribution in [2.24, 2.45) is 17.4 Å². The first-order valence-corrected chi connectivity index (χ1v) is 4.40. The molecular weight excluding hydrogens is 174 g/mol. The van der Waals surface area contributed by atoms with Crippen molar-refractivity contribution in [1.82, 2.24) is 0 Å². The maximum absolute atomic E-state index is 7.56. The third-order valence-corrected chi connectivity index (χ3v) is 2.52. The van der Waals surface area contributed by atoms with Crippen LogP contribution < -0.4 is 11.5 Å². The first-order valence-electron chi connectivity index (χ1n) is 4.02. The largest absolute Gasteiger partial charge is 0.327 e. The van der Waals surface area contributed by atoms with Crippen LogP contribution in [0.2, 0.25) is 0 Å². The fourth-order valence-corrected chi connectivity index (χ4v) is 1.66. The molecule has 4 heteroatoms. The van der Waals surface area contributed by atoms with Crippen molar-refractivity contribution < 1.29 is 0 Å². The van der Waals surface area contributed by atoms with Gasteiger partial charge in [-0.2, -0.15) is 0 Å². The van der Waals surface area contributed by atoms with Gasteiger partial charge in [0.2, 0.25) is 0 Å². The summed E-state index contributed by atoms with van der Waals surface area (Å²) in [5.41, 5.74) is 11.7. The molecule has 0 radical (unpaired) electrons. The smallest absolute Gasteiger partial charge is 0.0311 e. The average Bonchev–Trinajstić information content (AvgIpc) is 2.08. The second-order valence-corrected chi connectivity index (χ2v) is 3.58. The Labute approximate surface area is 77.3 Å². The Morgan fingerprint density at radius 1 is 1.75 bits per heavy atom. The minimum absolute atomic E-state index is 0.0172. The van der Waals surface area contributed by atoms with Crippen molar-refractivity contribution in [3.8, 4) is 0 Å². The Morgan fingerprint density at radius 2 is 2.42 bits per heavy atom. The average molecular weight is 188 g/mol. The zero-order valence-corrected chi connectivity index (χ0v) is 7.64. The van der Waals surface area contributed by atoms with Gasteiger partial charge in [0.25, 0.3) is 0 Å². The molecule has 0 aromatic heterocycles. The summed E-state index contributed by atoms with van der Waals surface area (Å²) in [6, 6.07) is 0.0172. The zero-order chi connectivity index (χ0) is 9.14. The lowest BCUT2D eigenvalue weighted by Gasteiger charge is -2.26. The highest BCUT2D eigenvalue weighted by Crippen LogP contribution is 2.26. The number of halogens is 1. The van der Waals surface area contributed by atoms with E-state index in [1.807, 2.05) is 6.08 Å². The standard InChI is InChI=1S/C8H14ClN3/c9-5-1-2-7(11)6(3-5)8(12)4-10/h1,6-7,12H,2-4,10-11H2. The first-order chi connectivity index (χ1) is 5.65. The molecule has 0 saturated carbocycles. The number of nitrogens with two attached hydrogens (primary N) is 2. The van der Waals surface area contributed by atoms with Gasteiger partial charge in [-0.05, 0) is 12.8 Å². The summed E-state index contributed by atoms with van der Waals surface area (Å²) >= 11 is 5.85. The van der Waals surface area contributed by atoms with Gasteiger partial charge in [-0.1, -0.05) is 17.7 Å². The summed E-state index contributed by atoms with van der Waals surface area (Å²) in [6.45, 7) is 0.280. The predicted molar refractivity (Wildman–Crippen MR) is 51.4 cm³/mol. The van der Waals surface area contributed by atoms with Crippen LogP contribution in [0.5, 0.6) is 0 Å². The van der Waals surface area contributed by atoms with Gasteiger partial charge < -0.3 is 16.9 Å². The quantitative estimate of drug-likeness (QED) is 0.560. The van der Waals surface area contributed by atoms with E-state index in [9.17, 15) is 0 Å². The van der Waals surface area contributed by atoms with E-state index in [2.05, 4.69) is 0 Å². The molecule has 0 aromatic carbocycles. The summed E-state index contributed by atoms with van der Waals surface area (Å²) in [4.78, 5) is 0. The molecule has 3 nitrogen and oxygen atoms in total. The molecule has 12 heavy (non-hydrogen) atoms. The minimum atomic E-state index is 0.0172. The van der Waals surface area contributed by atoms with Crippen LogP contribution in [-0.2, 0) is 0 Å². The molecular formula is C8H14ClN3. The van der Waals surface area contributed by atoms with Gasteiger partial charge in [-0.3, -0.25) is 0 Å². The molecule has 0 fully saturated rings. The van der Waals surface area contributed by atoms with E-state index in [1.165, 1.54) is 0 Å². The third-order valence-electron chi connectivity index (χ3n) is 2.21. The monoisotopic (exact) mass is 187 g/mol. The summed E-state index contributed by atoms with van der Waals surface area (Å²) in [5.74, 6) is 0.0486. The molecule has 1 aliphatic carbocycles. The number of rotatable bonds is 2. The van der Waals surface area contributed by atoms with Crippen LogP contribution >= 0.6 is 11.6 Å². The maximum Gasteiger partial charge on any atom is 0.0311 e. The molecule has 5 N–H and O–H groups in total. The van der Waals surface area contributed by atoms with E-state index in [0.29, 0.717) is 12.1 Å². The second-order valence-electron chi connectivity index (χ2n) is 3.09. The van der Waals surface area contributed by atoms with Crippen molar-refractivity contribution in [3.05, 3.63) is 11.1 Å². The Bertz CT molecular complexity index is 212. The normalized spacial score (nSPS) is 29.8. The van der Waals surface area contributed by atoms with Crippen LogP contribution in [0, 0.1) is 11.3 Å². The highest BCUT2D eigenvalue weighted by Gasteiger charge is 2.24. The topological polar surface area (TPSA) is 75.9 Å². The van der Waals surface area contributed by atoms with Crippen LogP contribution in [-0.4, -0.2) is 18.3 Å². The van der Waals surface area contributed by atoms with Crippen LogP contribution in [0.15, 0.2) is 11.1 Å². The Hall–Kier alpha value is -0.380. The van der Waals surface area contributed by atoms with E-state index in [-0.39, 0.29) is 18.5 Å². The molecule has 0 spiro atoms. The highest BCUT2D eigenvalue weighted by molar-refractivity contribution is 6.29. The Kier molecular flexibility index (Phi) is 3.26. The van der Waals surface area contributed by atoms with Gasteiger partial charge in [0.15, 0.2) is 0 Å². The SMILES string of the molecule is N=C(CN)C1CC(Cl)=CCC1N. The maximum atomic E-state index is 7.56. The van der Waals surface area contributed by atoms with Crippen molar-refractivity contribution in [2.45, 2.75) is 18.9 Å². The molecule has 2 unspecified atom stereocenters. The zero-order valence-electron chi connectivity index (χ0n) is 6.89. The van der Waals surface area contributed by atoms with Gasteiger partial charge in [0.1, 0.15) is 0 Å². The van der Waals surface area contributed by atoms with E-state index >= 15 is 0 Å². The molecule has 0 heterocycles. The van der Waals surface area contributed by atoms with E-state index < -0.39 is 0 Å². The molecule has 0 amide bonds. The van der Waals surface area contributed by atoms with Crippen molar-refractivity contribution in [1.29, 1.82) is 5.41 Å². The number of hydrogen-bond donors (Lipinski definition) is 3. The van der Waals surface area contributed by atoms with Crippen molar-refractivity contribution in [2.75, 3.05) is 6.54 Å². The minimum Gasteiger partial charge on any atom is -0.327 e. The number of allylic oxidation sites excluding steroid dienone is 1. The Balaban J connectivity index is 2.65. The van der Waals surface area contributed by atoms with Crippen LogP contribution in [0.25, 0.3) is 0 Å². The molecule has 0 aromatic rings. The molecule has 2 atom stereocenters.